The monoisotopic (exact) mass is 268 g/mol. The third-order valence-electron chi connectivity index (χ3n) is 2.67. The normalized spacial score (nSPS) is 11.2. The van der Waals surface area contributed by atoms with Crippen LogP contribution in [0.15, 0.2) is 18.2 Å². The summed E-state index contributed by atoms with van der Waals surface area (Å²) in [7, 11) is 3.84. The first-order valence-electron chi connectivity index (χ1n) is 5.98. The lowest BCUT2D eigenvalue weighted by Crippen LogP contribution is -2.35. The second-order valence-corrected chi connectivity index (χ2v) is 4.73. The lowest BCUT2D eigenvalue weighted by Gasteiger charge is -2.22. The fraction of sp³-hybridized carbons (Fsp3) is 0.462. The van der Waals surface area contributed by atoms with Gasteiger partial charge in [0.2, 0.25) is 0 Å². The minimum atomic E-state index is -0.887. The van der Waals surface area contributed by atoms with E-state index in [2.05, 4.69) is 0 Å². The molecule has 6 nitrogen and oxygen atoms in total. The molecule has 0 aliphatic rings. The average molecular weight is 268 g/mol. The van der Waals surface area contributed by atoms with E-state index in [0.29, 0.717) is 13.1 Å². The second-order valence-electron chi connectivity index (χ2n) is 4.73. The summed E-state index contributed by atoms with van der Waals surface area (Å²) in [5.74, 6) is -1.26. The van der Waals surface area contributed by atoms with Gasteiger partial charge in [0, 0.05) is 19.6 Å². The molecule has 0 saturated heterocycles. The summed E-state index contributed by atoms with van der Waals surface area (Å²) in [6.45, 7) is 1.71. The molecule has 1 aromatic carbocycles. The maximum Gasteiger partial charge on any atom is 0.317 e. The molecule has 19 heavy (non-hydrogen) atoms. The molecule has 0 radical (unpaired) electrons. The highest BCUT2D eigenvalue weighted by Gasteiger charge is 2.11. The summed E-state index contributed by atoms with van der Waals surface area (Å²) in [5, 5.41) is 27.5. The SMILES string of the molecule is CN(C)CCN(CC(=O)O)Cc1ccc(O)c(O)c1. The van der Waals surface area contributed by atoms with E-state index >= 15 is 0 Å². The number of hydrogen-bond acceptors (Lipinski definition) is 5. The van der Waals surface area contributed by atoms with Crippen molar-refractivity contribution < 1.29 is 20.1 Å². The Labute approximate surface area is 112 Å². The summed E-state index contributed by atoms with van der Waals surface area (Å²) in [6.07, 6.45) is 0. The molecular weight excluding hydrogens is 248 g/mol. The van der Waals surface area contributed by atoms with Crippen molar-refractivity contribution in [2.75, 3.05) is 33.7 Å². The van der Waals surface area contributed by atoms with Gasteiger partial charge in [-0.25, -0.2) is 0 Å². The van der Waals surface area contributed by atoms with Crippen LogP contribution in [0.25, 0.3) is 0 Å². The van der Waals surface area contributed by atoms with Crippen molar-refractivity contribution in [1.29, 1.82) is 0 Å². The van der Waals surface area contributed by atoms with Gasteiger partial charge in [-0.15, -0.1) is 0 Å². The Bertz CT molecular complexity index is 435. The fourth-order valence-corrected chi connectivity index (χ4v) is 1.67. The van der Waals surface area contributed by atoms with Gasteiger partial charge < -0.3 is 20.2 Å². The van der Waals surface area contributed by atoms with Crippen LogP contribution in [0.2, 0.25) is 0 Å². The van der Waals surface area contributed by atoms with Crippen LogP contribution in [0.4, 0.5) is 0 Å². The number of rotatable bonds is 7. The fourth-order valence-electron chi connectivity index (χ4n) is 1.67. The number of benzene rings is 1. The van der Waals surface area contributed by atoms with E-state index in [4.69, 9.17) is 5.11 Å². The first-order chi connectivity index (χ1) is 8.88. The Morgan fingerprint density at radius 1 is 1.16 bits per heavy atom. The quantitative estimate of drug-likeness (QED) is 0.626. The van der Waals surface area contributed by atoms with E-state index in [1.165, 1.54) is 12.1 Å². The number of likely N-dealkylation sites (N-methyl/N-ethyl adjacent to an activating group) is 1. The molecule has 0 heterocycles. The van der Waals surface area contributed by atoms with Crippen LogP contribution < -0.4 is 0 Å². The molecule has 0 aliphatic heterocycles. The zero-order chi connectivity index (χ0) is 14.4. The molecular formula is C13H20N2O4. The number of aliphatic carboxylic acids is 1. The molecule has 6 heteroatoms. The first kappa shape index (κ1) is 15.3. The van der Waals surface area contributed by atoms with Gasteiger partial charge in [-0.3, -0.25) is 9.69 Å². The Morgan fingerprint density at radius 3 is 2.37 bits per heavy atom. The Kier molecular flexibility index (Phi) is 5.59. The number of phenolic OH excluding ortho intramolecular Hbond substituents is 2. The van der Waals surface area contributed by atoms with Crippen LogP contribution in [0.5, 0.6) is 11.5 Å². The van der Waals surface area contributed by atoms with Crippen LogP contribution in [-0.4, -0.2) is 64.8 Å². The Hall–Kier alpha value is -1.79. The molecule has 0 aromatic heterocycles. The number of carboxylic acid groups (broad SMARTS) is 1. The number of carboxylic acids is 1. The van der Waals surface area contributed by atoms with Crippen molar-refractivity contribution in [3.63, 3.8) is 0 Å². The summed E-state index contributed by atoms with van der Waals surface area (Å²) < 4.78 is 0. The minimum absolute atomic E-state index is 0.0600. The molecule has 3 N–H and O–H groups in total. The van der Waals surface area contributed by atoms with Crippen LogP contribution >= 0.6 is 0 Å². The third-order valence-corrected chi connectivity index (χ3v) is 2.67. The van der Waals surface area contributed by atoms with E-state index in [1.807, 2.05) is 19.0 Å². The summed E-state index contributed by atoms with van der Waals surface area (Å²) >= 11 is 0. The van der Waals surface area contributed by atoms with Crippen molar-refractivity contribution in [2.24, 2.45) is 0 Å². The maximum absolute atomic E-state index is 10.8. The lowest BCUT2D eigenvalue weighted by molar-refractivity contribution is -0.138. The smallest absolute Gasteiger partial charge is 0.317 e. The van der Waals surface area contributed by atoms with Crippen molar-refractivity contribution in [2.45, 2.75) is 6.54 Å². The standard InChI is InChI=1S/C13H20N2O4/c1-14(2)5-6-15(9-13(18)19)8-10-3-4-11(16)12(17)7-10/h3-4,7,16-17H,5-6,8-9H2,1-2H3,(H,18,19). The zero-order valence-electron chi connectivity index (χ0n) is 11.2. The van der Waals surface area contributed by atoms with Gasteiger partial charge >= 0.3 is 5.97 Å². The number of hydrogen-bond donors (Lipinski definition) is 3. The first-order valence-corrected chi connectivity index (χ1v) is 5.98. The number of aromatic hydroxyl groups is 2. The van der Waals surface area contributed by atoms with Gasteiger partial charge in [0.05, 0.1) is 6.54 Å². The average Bonchev–Trinajstić information content (AvgIpc) is 2.30. The maximum atomic E-state index is 10.8. The van der Waals surface area contributed by atoms with Crippen molar-refractivity contribution in [3.05, 3.63) is 23.8 Å². The van der Waals surface area contributed by atoms with Gasteiger partial charge in [-0.1, -0.05) is 6.07 Å². The van der Waals surface area contributed by atoms with Gasteiger partial charge in [0.1, 0.15) is 0 Å². The van der Waals surface area contributed by atoms with E-state index in [-0.39, 0.29) is 18.0 Å². The highest BCUT2D eigenvalue weighted by atomic mass is 16.4. The van der Waals surface area contributed by atoms with Gasteiger partial charge in [0.25, 0.3) is 0 Å². The van der Waals surface area contributed by atoms with E-state index < -0.39 is 5.97 Å². The predicted octanol–water partition coefficient (Wildman–Crippen LogP) is 0.546. The van der Waals surface area contributed by atoms with Crippen molar-refractivity contribution in [3.8, 4) is 11.5 Å². The van der Waals surface area contributed by atoms with Crippen molar-refractivity contribution in [1.82, 2.24) is 9.80 Å². The molecule has 0 saturated carbocycles. The molecule has 0 bridgehead atoms. The number of carbonyl (C=O) groups is 1. The number of phenols is 2. The molecule has 0 spiro atoms. The van der Waals surface area contributed by atoms with Crippen molar-refractivity contribution >= 4 is 5.97 Å². The molecule has 0 fully saturated rings. The highest BCUT2D eigenvalue weighted by molar-refractivity contribution is 5.69. The summed E-state index contributed by atoms with van der Waals surface area (Å²) in [6, 6.07) is 4.51. The molecule has 0 aliphatic carbocycles. The second kappa shape index (κ2) is 6.96. The Balaban J connectivity index is 2.69. The van der Waals surface area contributed by atoms with Crippen LogP contribution in [0, 0.1) is 0 Å². The van der Waals surface area contributed by atoms with E-state index in [1.54, 1.807) is 11.0 Å². The molecule has 1 aromatic rings. The van der Waals surface area contributed by atoms with E-state index in [0.717, 1.165) is 12.1 Å². The van der Waals surface area contributed by atoms with Crippen LogP contribution in [-0.2, 0) is 11.3 Å². The lowest BCUT2D eigenvalue weighted by atomic mass is 10.2. The molecule has 106 valence electrons. The topological polar surface area (TPSA) is 84.2 Å². The molecule has 1 rings (SSSR count). The third kappa shape index (κ3) is 5.58. The van der Waals surface area contributed by atoms with Gasteiger partial charge in [0.15, 0.2) is 11.5 Å². The Morgan fingerprint density at radius 2 is 1.84 bits per heavy atom. The van der Waals surface area contributed by atoms with Crippen LogP contribution in [0.3, 0.4) is 0 Å². The van der Waals surface area contributed by atoms with Crippen LogP contribution in [0.1, 0.15) is 5.56 Å². The molecule has 0 atom stereocenters. The largest absolute Gasteiger partial charge is 0.504 e. The minimum Gasteiger partial charge on any atom is -0.504 e. The molecule has 0 unspecified atom stereocenters. The zero-order valence-corrected chi connectivity index (χ0v) is 11.2. The number of nitrogens with zero attached hydrogens (tertiary/aromatic N) is 2. The van der Waals surface area contributed by atoms with E-state index in [9.17, 15) is 15.0 Å². The van der Waals surface area contributed by atoms with Gasteiger partial charge in [-0.2, -0.15) is 0 Å². The summed E-state index contributed by atoms with van der Waals surface area (Å²) in [4.78, 5) is 14.6. The highest BCUT2D eigenvalue weighted by Crippen LogP contribution is 2.25. The summed E-state index contributed by atoms with van der Waals surface area (Å²) in [5.41, 5.74) is 0.760. The molecule has 0 amide bonds. The van der Waals surface area contributed by atoms with Gasteiger partial charge in [-0.05, 0) is 31.8 Å². The predicted molar refractivity (Wildman–Crippen MR) is 71.2 cm³/mol.